The maximum atomic E-state index is 12.2. The monoisotopic (exact) mass is 386 g/mol. The number of rotatable bonds is 0. The Labute approximate surface area is 169 Å². The fourth-order valence-electron chi connectivity index (χ4n) is 3.07. The molecule has 1 aliphatic heterocycles. The molecule has 1 aromatic heterocycles. The molecule has 0 unspecified atom stereocenters. The van der Waals surface area contributed by atoms with E-state index in [0.717, 1.165) is 28.2 Å². The first-order chi connectivity index (χ1) is 14.3. The summed E-state index contributed by atoms with van der Waals surface area (Å²) in [4.78, 5) is 21.1. The zero-order valence-electron chi connectivity index (χ0n) is 16.0. The largest absolute Gasteiger partial charge is 0.373 e. The van der Waals surface area contributed by atoms with Crippen molar-refractivity contribution in [3.8, 4) is 11.3 Å². The van der Waals surface area contributed by atoms with Gasteiger partial charge in [-0.25, -0.2) is 9.97 Å². The summed E-state index contributed by atoms with van der Waals surface area (Å²) in [5.41, 5.74) is 4.40. The van der Waals surface area contributed by atoms with Gasteiger partial charge in [-0.2, -0.15) is 0 Å². The van der Waals surface area contributed by atoms with Crippen LogP contribution in [-0.4, -0.2) is 22.5 Å². The van der Waals surface area contributed by atoms with Gasteiger partial charge in [-0.3, -0.25) is 4.79 Å². The van der Waals surface area contributed by atoms with E-state index in [2.05, 4.69) is 20.6 Å². The first-order valence-electron chi connectivity index (χ1n) is 9.58. The summed E-state index contributed by atoms with van der Waals surface area (Å²) in [6.45, 7) is 1.01. The number of nitrogens with one attached hydrogen (secondary N) is 2. The van der Waals surface area contributed by atoms with Crippen molar-refractivity contribution < 1.29 is 9.53 Å². The number of hydrogen-bond donors (Lipinski definition) is 2. The zero-order valence-corrected chi connectivity index (χ0v) is 16.0. The van der Waals surface area contributed by atoms with Gasteiger partial charge in [-0.1, -0.05) is 36.4 Å². The Morgan fingerprint density at radius 2 is 1.79 bits per heavy atom. The molecular weight excluding hydrogens is 364 g/mol. The minimum absolute atomic E-state index is 0.0216. The average molecular weight is 386 g/mol. The van der Waals surface area contributed by atoms with E-state index in [9.17, 15) is 4.79 Å². The molecule has 0 atom stereocenters. The van der Waals surface area contributed by atoms with Gasteiger partial charge in [0.25, 0.3) is 0 Å². The molecule has 0 spiro atoms. The Kier molecular flexibility index (Phi) is 5.92. The zero-order chi connectivity index (χ0) is 19.9. The van der Waals surface area contributed by atoms with E-state index in [1.807, 2.05) is 66.7 Å². The summed E-state index contributed by atoms with van der Waals surface area (Å²) in [6, 6.07) is 17.5. The number of aromatic nitrogens is 2. The van der Waals surface area contributed by atoms with Crippen molar-refractivity contribution in [1.29, 1.82) is 0 Å². The molecule has 0 saturated carbocycles. The number of amides is 1. The Morgan fingerprint density at radius 3 is 2.72 bits per heavy atom. The van der Waals surface area contributed by atoms with Crippen molar-refractivity contribution in [3.63, 3.8) is 0 Å². The van der Waals surface area contributed by atoms with Crippen LogP contribution in [0.2, 0.25) is 0 Å². The molecule has 0 radical (unpaired) electrons. The van der Waals surface area contributed by atoms with Gasteiger partial charge in [0.1, 0.15) is 0 Å². The third-order valence-electron chi connectivity index (χ3n) is 4.47. The molecule has 3 aromatic rings. The second-order valence-corrected chi connectivity index (χ2v) is 6.75. The van der Waals surface area contributed by atoms with Gasteiger partial charge in [0.15, 0.2) is 0 Å². The molecule has 2 heterocycles. The molecular formula is C23H22N4O2. The molecule has 6 bridgehead atoms. The number of hydrogen-bond acceptors (Lipinski definition) is 5. The highest BCUT2D eigenvalue weighted by molar-refractivity contribution is 5.91. The molecule has 6 nitrogen and oxygen atoms in total. The van der Waals surface area contributed by atoms with Crippen LogP contribution >= 0.6 is 0 Å². The van der Waals surface area contributed by atoms with Crippen LogP contribution in [0.5, 0.6) is 0 Å². The molecule has 2 aromatic carbocycles. The van der Waals surface area contributed by atoms with Gasteiger partial charge in [-0.15, -0.1) is 0 Å². The first-order valence-corrected chi connectivity index (χ1v) is 9.58. The highest BCUT2D eigenvalue weighted by Gasteiger charge is 2.07. The lowest BCUT2D eigenvalue weighted by Gasteiger charge is -2.09. The lowest BCUT2D eigenvalue weighted by Crippen LogP contribution is -2.10. The van der Waals surface area contributed by atoms with Crippen LogP contribution in [0, 0.1) is 0 Å². The van der Waals surface area contributed by atoms with Crippen LogP contribution in [0.4, 0.5) is 17.3 Å². The number of carbonyl (C=O) groups is 1. The second-order valence-electron chi connectivity index (χ2n) is 6.75. The normalized spacial score (nSPS) is 15.8. The smallest absolute Gasteiger partial charge is 0.227 e. The topological polar surface area (TPSA) is 76.1 Å². The number of benzene rings is 2. The van der Waals surface area contributed by atoms with Crippen LogP contribution in [0.3, 0.4) is 0 Å². The molecule has 4 rings (SSSR count). The van der Waals surface area contributed by atoms with Crippen LogP contribution in [0.25, 0.3) is 11.3 Å². The van der Waals surface area contributed by atoms with E-state index in [-0.39, 0.29) is 5.91 Å². The standard InChI is InChI=1S/C23H22N4O2/c28-22-10-2-1-3-13-29-16-17-6-4-8-19(14-17)26-23-24-12-11-21(27-23)18-7-5-9-20(15-18)25-22/h1,3-9,11-12,14-15H,2,10,13,16H2,(H,25,28)(H,24,26,27)/b3-1-. The maximum absolute atomic E-state index is 12.2. The summed E-state index contributed by atoms with van der Waals surface area (Å²) < 4.78 is 5.69. The molecule has 1 amide bonds. The minimum atomic E-state index is -0.0216. The van der Waals surface area contributed by atoms with Crippen molar-refractivity contribution in [2.45, 2.75) is 19.4 Å². The molecule has 6 heteroatoms. The number of ether oxygens (including phenoxy) is 1. The highest BCUT2D eigenvalue weighted by atomic mass is 16.5. The Bertz CT molecular complexity index is 1030. The summed E-state index contributed by atoms with van der Waals surface area (Å²) >= 11 is 0. The fourth-order valence-corrected chi connectivity index (χ4v) is 3.07. The van der Waals surface area contributed by atoms with Gasteiger partial charge in [0.05, 0.1) is 18.9 Å². The van der Waals surface area contributed by atoms with Gasteiger partial charge in [0, 0.05) is 29.6 Å². The van der Waals surface area contributed by atoms with E-state index in [0.29, 0.717) is 32.0 Å². The minimum Gasteiger partial charge on any atom is -0.373 e. The van der Waals surface area contributed by atoms with E-state index >= 15 is 0 Å². The third kappa shape index (κ3) is 5.27. The molecule has 1 aliphatic rings. The first kappa shape index (κ1) is 18.8. The third-order valence-corrected chi connectivity index (χ3v) is 4.47. The lowest BCUT2D eigenvalue weighted by atomic mass is 10.1. The van der Waals surface area contributed by atoms with Gasteiger partial charge in [-0.05, 0) is 42.3 Å². The molecule has 0 fully saturated rings. The number of carbonyl (C=O) groups excluding carboxylic acids is 1. The van der Waals surface area contributed by atoms with Crippen molar-refractivity contribution in [2.24, 2.45) is 0 Å². The summed E-state index contributed by atoms with van der Waals surface area (Å²) in [5.74, 6) is 0.488. The van der Waals surface area contributed by atoms with E-state index in [1.165, 1.54) is 0 Å². The fraction of sp³-hybridized carbons (Fsp3) is 0.174. The van der Waals surface area contributed by atoms with Crippen molar-refractivity contribution in [2.75, 3.05) is 17.2 Å². The number of allylic oxidation sites excluding steroid dienone is 1. The maximum Gasteiger partial charge on any atom is 0.227 e. The van der Waals surface area contributed by atoms with Crippen LogP contribution in [-0.2, 0) is 16.1 Å². The summed E-state index contributed by atoms with van der Waals surface area (Å²) in [7, 11) is 0. The van der Waals surface area contributed by atoms with Gasteiger partial charge in [0.2, 0.25) is 11.9 Å². The van der Waals surface area contributed by atoms with Crippen molar-refractivity contribution in [1.82, 2.24) is 9.97 Å². The number of anilines is 3. The molecule has 146 valence electrons. The average Bonchev–Trinajstić information content (AvgIpc) is 2.73. The van der Waals surface area contributed by atoms with Gasteiger partial charge >= 0.3 is 0 Å². The van der Waals surface area contributed by atoms with Crippen LogP contribution in [0.15, 0.2) is 72.9 Å². The molecule has 0 saturated heterocycles. The number of fused-ring (bicyclic) bond motifs is 7. The molecule has 2 N–H and O–H groups in total. The highest BCUT2D eigenvalue weighted by Crippen LogP contribution is 2.23. The molecule has 0 aliphatic carbocycles. The summed E-state index contributed by atoms with van der Waals surface area (Å²) in [6.07, 6.45) is 6.73. The van der Waals surface area contributed by atoms with E-state index < -0.39 is 0 Å². The lowest BCUT2D eigenvalue weighted by molar-refractivity contribution is -0.116. The van der Waals surface area contributed by atoms with Crippen molar-refractivity contribution in [3.05, 3.63) is 78.5 Å². The second kappa shape index (κ2) is 9.12. The number of nitrogens with zero attached hydrogens (tertiary/aromatic N) is 2. The van der Waals surface area contributed by atoms with Crippen molar-refractivity contribution >= 4 is 23.2 Å². The predicted octanol–water partition coefficient (Wildman–Crippen LogP) is 4.69. The van der Waals surface area contributed by atoms with E-state index in [1.54, 1.807) is 6.20 Å². The Morgan fingerprint density at radius 1 is 0.931 bits per heavy atom. The van der Waals surface area contributed by atoms with Gasteiger partial charge < -0.3 is 15.4 Å². The quantitative estimate of drug-likeness (QED) is 0.548. The predicted molar refractivity (Wildman–Crippen MR) is 114 cm³/mol. The SMILES string of the molecule is O=C1CC/C=C\COCc2cccc(c2)Nc2nccc(n2)-c2cccc(c2)N1. The summed E-state index contributed by atoms with van der Waals surface area (Å²) in [5, 5.41) is 6.20. The molecule has 29 heavy (non-hydrogen) atoms. The Balaban J connectivity index is 1.65. The Hall–Kier alpha value is -3.51. The van der Waals surface area contributed by atoms with Crippen LogP contribution in [0.1, 0.15) is 18.4 Å². The van der Waals surface area contributed by atoms with Crippen LogP contribution < -0.4 is 10.6 Å². The van der Waals surface area contributed by atoms with E-state index in [4.69, 9.17) is 4.74 Å².